The fourth-order valence-corrected chi connectivity index (χ4v) is 3.64. The maximum absolute atomic E-state index is 11.9. The fraction of sp³-hybridized carbons (Fsp3) is 0.429. The molecule has 3 N–H and O–H groups in total. The predicted octanol–water partition coefficient (Wildman–Crippen LogP) is -0.149. The molecule has 96 valence electrons. The molecule has 0 aliphatic carbocycles. The van der Waals surface area contributed by atoms with Crippen molar-refractivity contribution in [3.05, 3.63) is 16.2 Å². The highest BCUT2D eigenvalue weighted by Gasteiger charge is 2.27. The van der Waals surface area contributed by atoms with E-state index in [1.807, 2.05) is 0 Å². The molecule has 0 radical (unpaired) electrons. The Morgan fingerprint density at radius 2 is 2.24 bits per heavy atom. The summed E-state index contributed by atoms with van der Waals surface area (Å²) in [5.74, 6) is 0. The van der Waals surface area contributed by atoms with Gasteiger partial charge in [0.05, 0.1) is 11.5 Å². The van der Waals surface area contributed by atoms with Crippen LogP contribution in [0.5, 0.6) is 0 Å². The van der Waals surface area contributed by atoms with Crippen LogP contribution in [0.1, 0.15) is 0 Å². The molecule has 10 heteroatoms. The molecule has 0 aliphatic rings. The molecular formula is C7H11N3O5S2. The third-order valence-corrected chi connectivity index (χ3v) is 5.25. The third kappa shape index (κ3) is 2.72. The van der Waals surface area contributed by atoms with Crippen LogP contribution in [-0.4, -0.2) is 43.0 Å². The largest absolute Gasteiger partial charge is 0.395 e. The molecule has 0 saturated carbocycles. The van der Waals surface area contributed by atoms with Crippen LogP contribution in [-0.2, 0) is 10.0 Å². The molecule has 1 aromatic heterocycles. The van der Waals surface area contributed by atoms with Crippen LogP contribution in [0.15, 0.2) is 10.3 Å². The monoisotopic (exact) mass is 281 g/mol. The Kier molecular flexibility index (Phi) is 4.03. The fourth-order valence-electron chi connectivity index (χ4n) is 1.06. The van der Waals surface area contributed by atoms with Crippen molar-refractivity contribution >= 4 is 32.0 Å². The second-order valence-electron chi connectivity index (χ2n) is 3.12. The number of sulfonamides is 1. The van der Waals surface area contributed by atoms with Crippen LogP contribution < -0.4 is 5.73 Å². The first-order valence-corrected chi connectivity index (χ1v) is 6.67. The summed E-state index contributed by atoms with van der Waals surface area (Å²) < 4.78 is 24.4. The molecule has 0 amide bonds. The number of nitrogens with zero attached hydrogens (tertiary/aromatic N) is 2. The van der Waals surface area contributed by atoms with Crippen molar-refractivity contribution in [2.75, 3.05) is 25.9 Å². The van der Waals surface area contributed by atoms with E-state index in [4.69, 9.17) is 10.8 Å². The van der Waals surface area contributed by atoms with Crippen molar-refractivity contribution in [2.45, 2.75) is 4.21 Å². The summed E-state index contributed by atoms with van der Waals surface area (Å²) in [7, 11) is -2.56. The summed E-state index contributed by atoms with van der Waals surface area (Å²) in [5, 5.41) is 19.0. The molecule has 0 spiro atoms. The number of nitro groups is 1. The molecule has 1 heterocycles. The maximum Gasteiger partial charge on any atom is 0.304 e. The molecule has 0 atom stereocenters. The first-order chi connectivity index (χ1) is 7.80. The van der Waals surface area contributed by atoms with Crippen molar-refractivity contribution in [3.8, 4) is 0 Å². The van der Waals surface area contributed by atoms with Crippen molar-refractivity contribution in [2.24, 2.45) is 0 Å². The zero-order valence-electron chi connectivity index (χ0n) is 8.86. The van der Waals surface area contributed by atoms with Gasteiger partial charge in [-0.2, -0.15) is 4.31 Å². The molecule has 17 heavy (non-hydrogen) atoms. The van der Waals surface area contributed by atoms with Gasteiger partial charge in [0, 0.05) is 19.7 Å². The number of hydrogen-bond acceptors (Lipinski definition) is 7. The maximum atomic E-state index is 11.9. The van der Waals surface area contributed by atoms with Gasteiger partial charge in [0.2, 0.25) is 0 Å². The van der Waals surface area contributed by atoms with Gasteiger partial charge in [0.15, 0.2) is 5.00 Å². The predicted molar refractivity (Wildman–Crippen MR) is 62.3 cm³/mol. The van der Waals surface area contributed by atoms with Crippen molar-refractivity contribution in [1.29, 1.82) is 0 Å². The highest BCUT2D eigenvalue weighted by Crippen LogP contribution is 2.35. The summed E-state index contributed by atoms with van der Waals surface area (Å²) in [4.78, 5) is 9.80. The molecular weight excluding hydrogens is 270 g/mol. The number of anilines is 1. The lowest BCUT2D eigenvalue weighted by Gasteiger charge is -2.13. The number of likely N-dealkylation sites (N-methyl/N-ethyl adjacent to an activating group) is 1. The number of rotatable bonds is 5. The van der Waals surface area contributed by atoms with Crippen molar-refractivity contribution in [1.82, 2.24) is 4.31 Å². The number of aliphatic hydroxyl groups is 1. The van der Waals surface area contributed by atoms with E-state index >= 15 is 0 Å². The van der Waals surface area contributed by atoms with Gasteiger partial charge in [-0.15, -0.1) is 0 Å². The number of aliphatic hydroxyl groups excluding tert-OH is 1. The molecule has 1 rings (SSSR count). The Balaban J connectivity index is 3.17. The van der Waals surface area contributed by atoms with Gasteiger partial charge in [-0.05, 0) is 0 Å². The molecule has 1 aromatic rings. The van der Waals surface area contributed by atoms with Crippen LogP contribution in [0.4, 0.5) is 10.7 Å². The molecule has 0 aliphatic heterocycles. The summed E-state index contributed by atoms with van der Waals surface area (Å²) in [5.41, 5.74) is 4.93. The van der Waals surface area contributed by atoms with E-state index < -0.39 is 20.6 Å². The van der Waals surface area contributed by atoms with Gasteiger partial charge >= 0.3 is 5.69 Å². The lowest BCUT2D eigenvalue weighted by molar-refractivity contribution is -0.383. The molecule has 0 fully saturated rings. The number of thiophene rings is 1. The minimum Gasteiger partial charge on any atom is -0.395 e. The van der Waals surface area contributed by atoms with Gasteiger partial charge < -0.3 is 10.8 Å². The minimum absolute atomic E-state index is 0.0893. The molecule has 0 saturated heterocycles. The Morgan fingerprint density at radius 3 is 2.65 bits per heavy atom. The van der Waals surface area contributed by atoms with E-state index in [-0.39, 0.29) is 22.4 Å². The molecule has 8 nitrogen and oxygen atoms in total. The number of nitrogens with two attached hydrogens (primary N) is 1. The Bertz CT molecular complexity index is 524. The minimum atomic E-state index is -3.83. The first kappa shape index (κ1) is 13.8. The lowest BCUT2D eigenvalue weighted by atomic mass is 10.5. The average Bonchev–Trinajstić information content (AvgIpc) is 2.61. The van der Waals surface area contributed by atoms with E-state index in [0.717, 1.165) is 10.4 Å². The lowest BCUT2D eigenvalue weighted by Crippen LogP contribution is -2.29. The SMILES string of the molecule is CN(CCO)S(=O)(=O)c1cc([N+](=O)[O-])c(N)s1. The van der Waals surface area contributed by atoms with Crippen LogP contribution in [0, 0.1) is 10.1 Å². The van der Waals surface area contributed by atoms with Crippen LogP contribution in [0.3, 0.4) is 0 Å². The molecule has 0 aromatic carbocycles. The van der Waals surface area contributed by atoms with Crippen LogP contribution >= 0.6 is 11.3 Å². The van der Waals surface area contributed by atoms with E-state index in [1.165, 1.54) is 7.05 Å². The smallest absolute Gasteiger partial charge is 0.304 e. The summed E-state index contributed by atoms with van der Waals surface area (Å²) in [6, 6.07) is 0.920. The number of nitrogen functional groups attached to an aromatic ring is 1. The topological polar surface area (TPSA) is 127 Å². The highest BCUT2D eigenvalue weighted by atomic mass is 32.2. The van der Waals surface area contributed by atoms with Gasteiger partial charge in [-0.3, -0.25) is 10.1 Å². The van der Waals surface area contributed by atoms with E-state index in [1.54, 1.807) is 0 Å². The van der Waals surface area contributed by atoms with Gasteiger partial charge in [-0.1, -0.05) is 11.3 Å². The molecule has 0 bridgehead atoms. The first-order valence-electron chi connectivity index (χ1n) is 4.41. The van der Waals surface area contributed by atoms with Gasteiger partial charge in [0.25, 0.3) is 10.0 Å². The van der Waals surface area contributed by atoms with E-state index in [9.17, 15) is 18.5 Å². The van der Waals surface area contributed by atoms with E-state index in [0.29, 0.717) is 11.3 Å². The summed E-state index contributed by atoms with van der Waals surface area (Å²) in [6.45, 7) is -0.424. The normalized spacial score (nSPS) is 11.9. The van der Waals surface area contributed by atoms with Crippen molar-refractivity contribution < 1.29 is 18.4 Å². The average molecular weight is 281 g/mol. The summed E-state index contributed by atoms with van der Waals surface area (Å²) in [6.07, 6.45) is 0. The van der Waals surface area contributed by atoms with Crippen molar-refractivity contribution in [3.63, 3.8) is 0 Å². The van der Waals surface area contributed by atoms with Crippen LogP contribution in [0.25, 0.3) is 0 Å². The third-order valence-electron chi connectivity index (χ3n) is 1.99. The van der Waals surface area contributed by atoms with Gasteiger partial charge in [0.1, 0.15) is 4.21 Å². The zero-order valence-corrected chi connectivity index (χ0v) is 10.5. The zero-order chi connectivity index (χ0) is 13.2. The summed E-state index contributed by atoms with van der Waals surface area (Å²) >= 11 is 0.629. The quantitative estimate of drug-likeness (QED) is 0.571. The Labute approximate surface area is 101 Å². The molecule has 0 unspecified atom stereocenters. The highest BCUT2D eigenvalue weighted by molar-refractivity contribution is 7.91. The number of hydrogen-bond donors (Lipinski definition) is 2. The van der Waals surface area contributed by atoms with Gasteiger partial charge in [-0.25, -0.2) is 8.42 Å². The van der Waals surface area contributed by atoms with Crippen LogP contribution in [0.2, 0.25) is 0 Å². The Hall–Kier alpha value is -1.23. The standard InChI is InChI=1S/C7H11N3O5S2/c1-9(2-3-11)17(14,15)6-4-5(10(12)13)7(8)16-6/h4,11H,2-3,8H2,1H3. The Morgan fingerprint density at radius 1 is 1.65 bits per heavy atom. The second kappa shape index (κ2) is 4.96. The second-order valence-corrected chi connectivity index (χ2v) is 6.48. The van der Waals surface area contributed by atoms with E-state index in [2.05, 4.69) is 0 Å².